The van der Waals surface area contributed by atoms with Crippen molar-refractivity contribution in [2.24, 2.45) is 0 Å². The largest absolute Gasteiger partial charge is 0.490 e. The molecule has 31 heavy (non-hydrogen) atoms. The van der Waals surface area contributed by atoms with E-state index in [9.17, 15) is 22.8 Å². The van der Waals surface area contributed by atoms with Crippen LogP contribution >= 0.6 is 0 Å². The number of carboxylic acids is 1. The second-order valence-electron chi connectivity index (χ2n) is 6.50. The Morgan fingerprint density at radius 1 is 1.23 bits per heavy atom. The van der Waals surface area contributed by atoms with Crippen LogP contribution in [0.2, 0.25) is 0 Å². The van der Waals surface area contributed by atoms with Crippen LogP contribution in [0, 0.1) is 0 Å². The first-order valence-electron chi connectivity index (χ1n) is 9.15. The van der Waals surface area contributed by atoms with Crippen LogP contribution < -0.4 is 10.6 Å². The highest BCUT2D eigenvalue weighted by Gasteiger charge is 2.38. The third-order valence-electron chi connectivity index (χ3n) is 4.42. The van der Waals surface area contributed by atoms with Gasteiger partial charge < -0.3 is 24.9 Å². The maximum Gasteiger partial charge on any atom is 0.490 e. The van der Waals surface area contributed by atoms with Gasteiger partial charge in [0.25, 0.3) is 0 Å². The summed E-state index contributed by atoms with van der Waals surface area (Å²) in [5.74, 6) is -3.26. The Bertz CT molecular complexity index is 939. The number of aliphatic carboxylic acids is 1. The number of rotatable bonds is 5. The minimum absolute atomic E-state index is 0.0843. The number of alkyl halides is 3. The fourth-order valence-electron chi connectivity index (χ4n) is 2.95. The van der Waals surface area contributed by atoms with E-state index in [0.717, 1.165) is 25.1 Å². The quantitative estimate of drug-likeness (QED) is 0.608. The molecule has 2 heterocycles. The Balaban J connectivity index is 0.000000423. The minimum Gasteiger partial charge on any atom is -0.475 e. The van der Waals surface area contributed by atoms with Crippen LogP contribution in [0.5, 0.6) is 0 Å². The number of nitrogens with one attached hydrogen (secondary N) is 2. The zero-order chi connectivity index (χ0) is 23.0. The molecule has 1 amide bonds. The van der Waals surface area contributed by atoms with Crippen molar-refractivity contribution in [1.82, 2.24) is 10.6 Å². The number of ether oxygens (including phenoxy) is 1. The Morgan fingerprint density at radius 3 is 2.58 bits per heavy atom. The molecule has 8 nitrogen and oxygen atoms in total. The molecule has 168 valence electrons. The summed E-state index contributed by atoms with van der Waals surface area (Å²) in [6.07, 6.45) is -2.41. The summed E-state index contributed by atoms with van der Waals surface area (Å²) in [7, 11) is 1.29. The molecule has 0 bridgehead atoms. The number of amides is 1. The summed E-state index contributed by atoms with van der Waals surface area (Å²) >= 11 is 0. The van der Waals surface area contributed by atoms with E-state index in [0.29, 0.717) is 12.0 Å². The molecule has 0 atom stereocenters. The van der Waals surface area contributed by atoms with Crippen molar-refractivity contribution < 1.29 is 41.8 Å². The number of furan rings is 1. The van der Waals surface area contributed by atoms with Gasteiger partial charge in [0.05, 0.1) is 19.8 Å². The van der Waals surface area contributed by atoms with E-state index in [1.807, 2.05) is 12.1 Å². The molecule has 3 N–H and O–H groups in total. The zero-order valence-electron chi connectivity index (χ0n) is 16.5. The van der Waals surface area contributed by atoms with Gasteiger partial charge in [0.1, 0.15) is 0 Å². The fraction of sp³-hybridized carbons (Fsp3) is 0.350. The number of carbonyl (C=O) groups is 3. The van der Waals surface area contributed by atoms with Gasteiger partial charge in [0, 0.05) is 18.7 Å². The topological polar surface area (TPSA) is 118 Å². The summed E-state index contributed by atoms with van der Waals surface area (Å²) in [5.41, 5.74) is 4.20. The maximum atomic E-state index is 12.3. The molecular formula is C20H21F3N2O6. The van der Waals surface area contributed by atoms with Gasteiger partial charge in [-0.05, 0) is 35.7 Å². The number of carbonyl (C=O) groups excluding carboxylic acids is 2. The number of fused-ring (bicyclic) bond motifs is 1. The van der Waals surface area contributed by atoms with Crippen LogP contribution in [-0.4, -0.2) is 42.8 Å². The molecule has 0 saturated heterocycles. The van der Waals surface area contributed by atoms with Crippen molar-refractivity contribution in [3.8, 4) is 0 Å². The van der Waals surface area contributed by atoms with Gasteiger partial charge in [-0.3, -0.25) is 4.79 Å². The zero-order valence-corrected chi connectivity index (χ0v) is 16.5. The first-order chi connectivity index (χ1) is 14.6. The highest BCUT2D eigenvalue weighted by atomic mass is 19.4. The van der Waals surface area contributed by atoms with E-state index in [-0.39, 0.29) is 18.2 Å². The lowest BCUT2D eigenvalue weighted by Gasteiger charge is -2.20. The number of halogens is 3. The Morgan fingerprint density at radius 2 is 1.94 bits per heavy atom. The minimum atomic E-state index is -5.08. The normalized spacial score (nSPS) is 12.8. The molecule has 11 heteroatoms. The molecule has 0 saturated carbocycles. The van der Waals surface area contributed by atoms with Crippen LogP contribution in [-0.2, 0) is 40.3 Å². The maximum absolute atomic E-state index is 12.3. The van der Waals surface area contributed by atoms with Crippen LogP contribution in [0.15, 0.2) is 34.9 Å². The lowest BCUT2D eigenvalue weighted by Crippen LogP contribution is -2.28. The van der Waals surface area contributed by atoms with Crippen LogP contribution in [0.4, 0.5) is 13.2 Å². The van der Waals surface area contributed by atoms with E-state index >= 15 is 0 Å². The van der Waals surface area contributed by atoms with Crippen LogP contribution in [0.1, 0.15) is 32.8 Å². The average molecular weight is 442 g/mol. The van der Waals surface area contributed by atoms with Gasteiger partial charge >= 0.3 is 18.1 Å². The summed E-state index contributed by atoms with van der Waals surface area (Å²) in [6, 6.07) is 7.74. The Labute approximate surface area is 175 Å². The van der Waals surface area contributed by atoms with Gasteiger partial charge in [-0.2, -0.15) is 13.2 Å². The lowest BCUT2D eigenvalue weighted by molar-refractivity contribution is -0.192. The van der Waals surface area contributed by atoms with E-state index < -0.39 is 18.1 Å². The first kappa shape index (κ1) is 23.9. The molecular weight excluding hydrogens is 421 g/mol. The van der Waals surface area contributed by atoms with Gasteiger partial charge in [-0.25, -0.2) is 9.59 Å². The molecule has 0 unspecified atom stereocenters. The summed E-state index contributed by atoms with van der Waals surface area (Å²) < 4.78 is 41.5. The molecule has 0 fully saturated rings. The monoisotopic (exact) mass is 442 g/mol. The molecule has 1 aliphatic rings. The lowest BCUT2D eigenvalue weighted by atomic mass is 9.93. The molecule has 0 spiro atoms. The fourth-order valence-corrected chi connectivity index (χ4v) is 2.95. The second-order valence-corrected chi connectivity index (χ2v) is 6.50. The Kier molecular flexibility index (Phi) is 8.20. The molecule has 3 rings (SSSR count). The number of methoxy groups -OCH3 is 1. The number of carboxylic acid groups (broad SMARTS) is 1. The standard InChI is InChI=1S/C18H20N2O4.C2HF3O2/c1-23-18(22)17-14(6-8-24-17)11-20-16(21)9-12-3-2-4-13-10-19-7-5-15(12)13;3-2(4,5)1(6)7/h2-4,6,8,19H,5,7,9-11H2,1H3,(H,20,21);(H,6,7). The summed E-state index contributed by atoms with van der Waals surface area (Å²) in [5, 5.41) is 13.3. The Hall–Kier alpha value is -3.34. The van der Waals surface area contributed by atoms with E-state index in [2.05, 4.69) is 21.4 Å². The predicted octanol–water partition coefficient (Wildman–Crippen LogP) is 2.20. The van der Waals surface area contributed by atoms with Crippen molar-refractivity contribution >= 4 is 17.8 Å². The number of hydrogen-bond acceptors (Lipinski definition) is 6. The molecule has 1 aromatic carbocycles. The predicted molar refractivity (Wildman–Crippen MR) is 101 cm³/mol. The number of benzene rings is 1. The smallest absolute Gasteiger partial charge is 0.475 e. The highest BCUT2D eigenvalue weighted by Crippen LogP contribution is 2.19. The SMILES string of the molecule is COC(=O)c1occc1CNC(=O)Cc1cccc2c1CCNC2.O=C(O)C(F)(F)F. The van der Waals surface area contributed by atoms with E-state index in [1.165, 1.54) is 24.5 Å². The highest BCUT2D eigenvalue weighted by molar-refractivity contribution is 5.88. The first-order valence-corrected chi connectivity index (χ1v) is 9.15. The van der Waals surface area contributed by atoms with Gasteiger partial charge in [-0.1, -0.05) is 18.2 Å². The number of hydrogen-bond donors (Lipinski definition) is 3. The molecule has 0 aliphatic carbocycles. The molecule has 2 aromatic rings. The van der Waals surface area contributed by atoms with E-state index in [4.69, 9.17) is 14.3 Å². The van der Waals surface area contributed by atoms with Crippen LogP contribution in [0.3, 0.4) is 0 Å². The van der Waals surface area contributed by atoms with Crippen molar-refractivity contribution in [3.05, 3.63) is 58.5 Å². The molecule has 0 radical (unpaired) electrons. The van der Waals surface area contributed by atoms with Crippen molar-refractivity contribution in [2.45, 2.75) is 32.1 Å². The third-order valence-corrected chi connectivity index (χ3v) is 4.42. The number of esters is 1. The van der Waals surface area contributed by atoms with Crippen molar-refractivity contribution in [3.63, 3.8) is 0 Å². The van der Waals surface area contributed by atoms with Crippen molar-refractivity contribution in [2.75, 3.05) is 13.7 Å². The van der Waals surface area contributed by atoms with Crippen LogP contribution in [0.25, 0.3) is 0 Å². The molecule has 1 aliphatic heterocycles. The summed E-state index contributed by atoms with van der Waals surface area (Å²) in [4.78, 5) is 32.7. The average Bonchev–Trinajstić information content (AvgIpc) is 3.20. The molecule has 1 aromatic heterocycles. The van der Waals surface area contributed by atoms with Gasteiger partial charge in [0.2, 0.25) is 11.7 Å². The van der Waals surface area contributed by atoms with Crippen molar-refractivity contribution in [1.29, 1.82) is 0 Å². The second kappa shape index (κ2) is 10.6. The van der Waals surface area contributed by atoms with E-state index in [1.54, 1.807) is 6.07 Å². The third kappa shape index (κ3) is 6.85. The van der Waals surface area contributed by atoms with Gasteiger partial charge in [0.15, 0.2) is 0 Å². The van der Waals surface area contributed by atoms with Gasteiger partial charge in [-0.15, -0.1) is 0 Å². The summed E-state index contributed by atoms with van der Waals surface area (Å²) in [6.45, 7) is 2.02.